The molecule has 0 bridgehead atoms. The highest BCUT2D eigenvalue weighted by molar-refractivity contribution is 6.18. The van der Waals surface area contributed by atoms with E-state index < -0.39 is 18.2 Å². The van der Waals surface area contributed by atoms with Gasteiger partial charge in [-0.1, -0.05) is 0 Å². The second kappa shape index (κ2) is 8.24. The first-order chi connectivity index (χ1) is 14.4. The van der Waals surface area contributed by atoms with Gasteiger partial charge in [0.15, 0.2) is 28.6 Å². The van der Waals surface area contributed by atoms with Crippen molar-refractivity contribution < 1.29 is 43.2 Å². The van der Waals surface area contributed by atoms with Crippen LogP contribution in [0.15, 0.2) is 28.7 Å². The summed E-state index contributed by atoms with van der Waals surface area (Å²) in [4.78, 5) is 24.6. The van der Waals surface area contributed by atoms with Crippen LogP contribution in [0.5, 0.6) is 28.7 Å². The van der Waals surface area contributed by atoms with E-state index in [0.717, 1.165) is 0 Å². The van der Waals surface area contributed by atoms with Crippen LogP contribution in [-0.4, -0.2) is 45.3 Å². The van der Waals surface area contributed by atoms with Gasteiger partial charge in [0.1, 0.15) is 5.76 Å². The average Bonchev–Trinajstić information content (AvgIpc) is 3.10. The van der Waals surface area contributed by atoms with Gasteiger partial charge >= 0.3 is 0 Å². The van der Waals surface area contributed by atoms with Crippen LogP contribution in [0.3, 0.4) is 0 Å². The highest BCUT2D eigenvalue weighted by Gasteiger charge is 2.27. The molecule has 0 atom stereocenters. The van der Waals surface area contributed by atoms with Gasteiger partial charge in [-0.05, 0) is 24.3 Å². The number of ether oxygens (including phenoxy) is 4. The van der Waals surface area contributed by atoms with E-state index in [2.05, 4.69) is 0 Å². The van der Waals surface area contributed by atoms with Gasteiger partial charge < -0.3 is 38.4 Å². The van der Waals surface area contributed by atoms with Crippen LogP contribution < -0.4 is 24.1 Å². The minimum Gasteiger partial charge on any atom is -0.550 e. The van der Waals surface area contributed by atoms with E-state index in [0.29, 0.717) is 5.75 Å². The number of phenols is 1. The second-order valence-corrected chi connectivity index (χ2v) is 6.19. The summed E-state index contributed by atoms with van der Waals surface area (Å²) in [5.41, 5.74) is 0.0462. The minimum atomic E-state index is -1.44. The molecule has 0 saturated heterocycles. The maximum absolute atomic E-state index is 13.4. The van der Waals surface area contributed by atoms with Crippen molar-refractivity contribution >= 4 is 22.7 Å². The highest BCUT2D eigenvalue weighted by Crippen LogP contribution is 2.42. The summed E-state index contributed by atoms with van der Waals surface area (Å²) in [7, 11) is 5.60. The first-order valence-corrected chi connectivity index (χ1v) is 8.72. The lowest BCUT2D eigenvalue weighted by molar-refractivity contribution is -0.305. The standard InChI is InChI=1S/C21H20O9/c1-26-12-6-5-11-17(13(9-16(22)23)30-20(11)19(12)25)18(24)10-7-14(27-2)21(29-4)15(8-10)28-3/h5-8,25H,9H2,1-4H3,(H,22,23)/p-1. The van der Waals surface area contributed by atoms with Crippen LogP contribution in [0.2, 0.25) is 0 Å². The Balaban J connectivity index is 2.26. The Hall–Kier alpha value is -3.88. The lowest BCUT2D eigenvalue weighted by atomic mass is 9.98. The third-order valence-electron chi connectivity index (χ3n) is 4.55. The van der Waals surface area contributed by atoms with Crippen LogP contribution >= 0.6 is 0 Å². The number of fused-ring (bicyclic) bond motifs is 1. The van der Waals surface area contributed by atoms with Crippen molar-refractivity contribution in [3.8, 4) is 28.7 Å². The van der Waals surface area contributed by atoms with Gasteiger partial charge in [-0.2, -0.15) is 0 Å². The van der Waals surface area contributed by atoms with Gasteiger partial charge in [-0.3, -0.25) is 4.79 Å². The average molecular weight is 415 g/mol. The number of phenolic OH excluding ortho intramolecular Hbond substituents is 1. The zero-order valence-electron chi connectivity index (χ0n) is 16.7. The predicted molar refractivity (Wildman–Crippen MR) is 103 cm³/mol. The van der Waals surface area contributed by atoms with Gasteiger partial charge in [0.2, 0.25) is 11.5 Å². The number of hydrogen-bond donors (Lipinski definition) is 1. The maximum atomic E-state index is 13.4. The van der Waals surface area contributed by atoms with Crippen molar-refractivity contribution in [2.24, 2.45) is 0 Å². The number of carboxylic acid groups (broad SMARTS) is 1. The molecule has 0 aliphatic rings. The van der Waals surface area contributed by atoms with E-state index in [9.17, 15) is 19.8 Å². The van der Waals surface area contributed by atoms with E-state index in [1.165, 1.54) is 52.7 Å². The molecule has 9 nitrogen and oxygen atoms in total. The van der Waals surface area contributed by atoms with Gasteiger partial charge in [-0.15, -0.1) is 0 Å². The summed E-state index contributed by atoms with van der Waals surface area (Å²) in [5.74, 6) is -1.61. The zero-order valence-corrected chi connectivity index (χ0v) is 16.7. The monoisotopic (exact) mass is 415 g/mol. The molecule has 158 valence electrons. The molecule has 0 amide bonds. The Labute approximate surface area is 171 Å². The first-order valence-electron chi connectivity index (χ1n) is 8.72. The largest absolute Gasteiger partial charge is 0.550 e. The fourth-order valence-electron chi connectivity index (χ4n) is 3.20. The van der Waals surface area contributed by atoms with Crippen LogP contribution in [0.1, 0.15) is 21.7 Å². The van der Waals surface area contributed by atoms with Crippen molar-refractivity contribution in [2.45, 2.75) is 6.42 Å². The van der Waals surface area contributed by atoms with Crippen molar-refractivity contribution in [1.82, 2.24) is 0 Å². The zero-order chi connectivity index (χ0) is 22.0. The quantitative estimate of drug-likeness (QED) is 0.547. The smallest absolute Gasteiger partial charge is 0.203 e. The van der Waals surface area contributed by atoms with E-state index in [1.54, 1.807) is 0 Å². The molecule has 1 aromatic heterocycles. The third kappa shape index (κ3) is 3.45. The molecule has 1 N–H and O–H groups in total. The SMILES string of the molecule is COc1cc(C(=O)c2c(CC(=O)[O-])oc3c(O)c(OC)ccc23)cc(OC)c1OC. The fourth-order valence-corrected chi connectivity index (χ4v) is 3.20. The number of carbonyl (C=O) groups is 2. The summed E-state index contributed by atoms with van der Waals surface area (Å²) in [6.45, 7) is 0. The first kappa shape index (κ1) is 20.8. The number of benzene rings is 2. The molecule has 0 aliphatic heterocycles. The number of carboxylic acids is 1. The molecule has 3 rings (SSSR count). The molecule has 0 saturated carbocycles. The number of aliphatic carboxylic acids is 1. The van der Waals surface area contributed by atoms with E-state index in [-0.39, 0.29) is 50.9 Å². The molecule has 0 radical (unpaired) electrons. The normalized spacial score (nSPS) is 10.7. The van der Waals surface area contributed by atoms with E-state index in [1.807, 2.05) is 0 Å². The number of carbonyl (C=O) groups excluding carboxylic acids is 2. The van der Waals surface area contributed by atoms with Crippen molar-refractivity contribution in [3.63, 3.8) is 0 Å². The molecule has 2 aromatic carbocycles. The second-order valence-electron chi connectivity index (χ2n) is 6.19. The summed E-state index contributed by atoms with van der Waals surface area (Å²) in [6.07, 6.45) is -0.665. The fraction of sp³-hybridized carbons (Fsp3) is 0.238. The number of furan rings is 1. The van der Waals surface area contributed by atoms with Crippen molar-refractivity contribution in [3.05, 3.63) is 41.2 Å². The molecule has 30 heavy (non-hydrogen) atoms. The Morgan fingerprint density at radius 1 is 0.967 bits per heavy atom. The van der Waals surface area contributed by atoms with Gasteiger partial charge in [0.05, 0.1) is 34.0 Å². The Kier molecular flexibility index (Phi) is 5.72. The summed E-state index contributed by atoms with van der Waals surface area (Å²) in [6, 6.07) is 5.83. The van der Waals surface area contributed by atoms with Gasteiger partial charge in [0, 0.05) is 23.3 Å². The van der Waals surface area contributed by atoms with Gasteiger partial charge in [-0.25, -0.2) is 0 Å². The molecule has 0 fully saturated rings. The third-order valence-corrected chi connectivity index (χ3v) is 4.55. The number of ketones is 1. The Morgan fingerprint density at radius 3 is 2.07 bits per heavy atom. The Bertz CT molecular complexity index is 1100. The Morgan fingerprint density at radius 2 is 1.57 bits per heavy atom. The number of methoxy groups -OCH3 is 4. The molecule has 3 aromatic rings. The number of rotatable bonds is 8. The molecular formula is C21H19O9-. The highest BCUT2D eigenvalue weighted by atomic mass is 16.5. The van der Waals surface area contributed by atoms with Crippen LogP contribution in [0.4, 0.5) is 0 Å². The van der Waals surface area contributed by atoms with Crippen LogP contribution in [0, 0.1) is 0 Å². The minimum absolute atomic E-state index is 0.0265. The van der Waals surface area contributed by atoms with Gasteiger partial charge in [0.25, 0.3) is 0 Å². The predicted octanol–water partition coefficient (Wildman–Crippen LogP) is 1.70. The molecule has 0 spiro atoms. The summed E-state index contributed by atoms with van der Waals surface area (Å²) < 4.78 is 26.4. The lowest BCUT2D eigenvalue weighted by Gasteiger charge is -2.14. The molecule has 1 heterocycles. The molecule has 0 unspecified atom stereocenters. The summed E-state index contributed by atoms with van der Waals surface area (Å²) >= 11 is 0. The summed E-state index contributed by atoms with van der Waals surface area (Å²) in [5, 5.41) is 21.8. The maximum Gasteiger partial charge on any atom is 0.203 e. The molecule has 0 aliphatic carbocycles. The van der Waals surface area contributed by atoms with E-state index in [4.69, 9.17) is 23.4 Å². The van der Waals surface area contributed by atoms with Crippen molar-refractivity contribution in [2.75, 3.05) is 28.4 Å². The topological polar surface area (TPSA) is 127 Å². The molecular weight excluding hydrogens is 396 g/mol. The lowest BCUT2D eigenvalue weighted by Crippen LogP contribution is -2.25. The number of hydrogen-bond acceptors (Lipinski definition) is 9. The van der Waals surface area contributed by atoms with E-state index >= 15 is 0 Å². The van der Waals surface area contributed by atoms with Crippen LogP contribution in [0.25, 0.3) is 11.0 Å². The molecule has 9 heteroatoms. The van der Waals surface area contributed by atoms with Crippen molar-refractivity contribution in [1.29, 1.82) is 0 Å². The number of aromatic hydroxyl groups is 1. The van der Waals surface area contributed by atoms with Crippen LogP contribution in [-0.2, 0) is 11.2 Å².